The lowest BCUT2D eigenvalue weighted by molar-refractivity contribution is 0.199. The Labute approximate surface area is 213 Å². The number of hydrogen-bond acceptors (Lipinski definition) is 8. The van der Waals surface area contributed by atoms with E-state index in [1.165, 1.54) is 4.90 Å². The number of nitrogen functional groups attached to an aromatic ring is 1. The van der Waals surface area contributed by atoms with Crippen LogP contribution in [-0.2, 0) is 11.3 Å². The summed E-state index contributed by atoms with van der Waals surface area (Å²) >= 11 is 1.84. The van der Waals surface area contributed by atoms with Gasteiger partial charge in [0.05, 0.1) is 18.5 Å². The topological polar surface area (TPSA) is 99.1 Å². The summed E-state index contributed by atoms with van der Waals surface area (Å²) in [4.78, 5) is 10.3. The van der Waals surface area contributed by atoms with Gasteiger partial charge in [-0.05, 0) is 31.0 Å². The van der Waals surface area contributed by atoms with E-state index in [0.29, 0.717) is 34.6 Å². The third kappa shape index (κ3) is 5.75. The lowest BCUT2D eigenvalue weighted by atomic mass is 10.1. The number of nitrogens with one attached hydrogen (secondary N) is 1. The Bertz CT molecular complexity index is 1290. The van der Waals surface area contributed by atoms with Crippen molar-refractivity contribution in [1.82, 2.24) is 20.4 Å². The summed E-state index contributed by atoms with van der Waals surface area (Å²) in [6.07, 6.45) is 2.75. The number of ether oxygens (including phenoxy) is 1. The molecule has 2 aromatic carbocycles. The first-order chi connectivity index (χ1) is 17.6. The normalized spacial score (nSPS) is 16.3. The Hall–Kier alpha value is -3.27. The van der Waals surface area contributed by atoms with Gasteiger partial charge in [0.2, 0.25) is 0 Å². The Morgan fingerprint density at radius 3 is 2.58 bits per heavy atom. The summed E-state index contributed by atoms with van der Waals surface area (Å²) in [6, 6.07) is 17.8. The Kier molecular flexibility index (Phi) is 7.60. The van der Waals surface area contributed by atoms with Crippen molar-refractivity contribution < 1.29 is 13.7 Å². The predicted octanol–water partition coefficient (Wildman–Crippen LogP) is 5.38. The number of aromatic nitrogens is 3. The highest BCUT2D eigenvalue weighted by molar-refractivity contribution is 8.00. The Morgan fingerprint density at radius 2 is 1.86 bits per heavy atom. The first-order valence-electron chi connectivity index (χ1n) is 11.9. The zero-order chi connectivity index (χ0) is 24.9. The van der Waals surface area contributed by atoms with Crippen LogP contribution in [0.1, 0.15) is 18.9 Å². The van der Waals surface area contributed by atoms with Crippen molar-refractivity contribution in [2.75, 3.05) is 25.6 Å². The highest BCUT2D eigenvalue weighted by Crippen LogP contribution is 2.32. The molecule has 1 saturated heterocycles. The molecule has 186 valence electrons. The molecule has 0 saturated carbocycles. The Morgan fingerprint density at radius 1 is 1.11 bits per heavy atom. The van der Waals surface area contributed by atoms with Crippen LogP contribution < -0.4 is 11.1 Å². The number of nitrogens with two attached hydrogens (primary N) is 1. The van der Waals surface area contributed by atoms with Crippen LogP contribution >= 0.6 is 11.8 Å². The maximum absolute atomic E-state index is 12.6. The van der Waals surface area contributed by atoms with E-state index >= 15 is 0 Å². The SMILES string of the molecule is CC(CF)NCc1ccc(-c2cc(-c3nc(-c4ccc(SC5CCOC5)cc4)cnc3N)on2)cc1. The molecule has 0 bridgehead atoms. The maximum Gasteiger partial charge on any atom is 0.189 e. The van der Waals surface area contributed by atoms with Gasteiger partial charge in [0.25, 0.3) is 0 Å². The second-order valence-corrected chi connectivity index (χ2v) is 10.2. The van der Waals surface area contributed by atoms with Gasteiger partial charge < -0.3 is 20.3 Å². The molecule has 0 amide bonds. The van der Waals surface area contributed by atoms with Crippen LogP contribution in [0.4, 0.5) is 10.2 Å². The molecule has 0 aliphatic carbocycles. The molecule has 2 aromatic heterocycles. The van der Waals surface area contributed by atoms with Gasteiger partial charge in [-0.15, -0.1) is 11.8 Å². The molecular formula is C27H28FN5O2S. The number of anilines is 1. The van der Waals surface area contributed by atoms with Gasteiger partial charge in [-0.3, -0.25) is 0 Å². The number of halogens is 1. The largest absolute Gasteiger partial charge is 0.382 e. The van der Waals surface area contributed by atoms with Crippen LogP contribution in [0, 0.1) is 0 Å². The number of thioether (sulfide) groups is 1. The minimum Gasteiger partial charge on any atom is -0.382 e. The van der Waals surface area contributed by atoms with Crippen molar-refractivity contribution >= 4 is 17.6 Å². The molecule has 5 rings (SSSR count). The van der Waals surface area contributed by atoms with E-state index in [9.17, 15) is 4.39 Å². The molecule has 0 spiro atoms. The second kappa shape index (κ2) is 11.2. The van der Waals surface area contributed by atoms with Crippen molar-refractivity contribution in [3.63, 3.8) is 0 Å². The monoisotopic (exact) mass is 505 g/mol. The third-order valence-corrected chi connectivity index (χ3v) is 7.27. The van der Waals surface area contributed by atoms with Crippen LogP contribution in [0.25, 0.3) is 34.0 Å². The molecular weight excluding hydrogens is 477 g/mol. The molecule has 3 heterocycles. The fourth-order valence-corrected chi connectivity index (χ4v) is 4.94. The first kappa shape index (κ1) is 24.4. The first-order valence-corrected chi connectivity index (χ1v) is 12.8. The van der Waals surface area contributed by atoms with Crippen LogP contribution in [-0.4, -0.2) is 46.3 Å². The van der Waals surface area contributed by atoms with E-state index < -0.39 is 6.67 Å². The summed E-state index contributed by atoms with van der Waals surface area (Å²) in [5.74, 6) is 0.728. The molecule has 2 unspecified atom stereocenters. The number of alkyl halides is 1. The lowest BCUT2D eigenvalue weighted by Crippen LogP contribution is -2.27. The van der Waals surface area contributed by atoms with Crippen LogP contribution in [0.15, 0.2) is 70.2 Å². The van der Waals surface area contributed by atoms with Gasteiger partial charge in [0.1, 0.15) is 12.4 Å². The second-order valence-electron chi connectivity index (χ2n) is 8.83. The van der Waals surface area contributed by atoms with Crippen molar-refractivity contribution in [2.45, 2.75) is 36.1 Å². The van der Waals surface area contributed by atoms with Crippen molar-refractivity contribution in [3.8, 4) is 34.0 Å². The lowest BCUT2D eigenvalue weighted by Gasteiger charge is -2.09. The number of rotatable bonds is 9. The zero-order valence-electron chi connectivity index (χ0n) is 20.0. The predicted molar refractivity (Wildman–Crippen MR) is 140 cm³/mol. The number of benzene rings is 2. The molecule has 4 aromatic rings. The van der Waals surface area contributed by atoms with Gasteiger partial charge in [-0.25, -0.2) is 14.4 Å². The third-order valence-electron chi connectivity index (χ3n) is 6.02. The van der Waals surface area contributed by atoms with E-state index in [-0.39, 0.29) is 11.9 Å². The minimum absolute atomic E-state index is 0.172. The highest BCUT2D eigenvalue weighted by atomic mass is 32.2. The smallest absolute Gasteiger partial charge is 0.189 e. The van der Waals surface area contributed by atoms with Crippen molar-refractivity contribution in [1.29, 1.82) is 0 Å². The fraction of sp³-hybridized carbons (Fsp3) is 0.296. The molecule has 3 N–H and O–H groups in total. The average Bonchev–Trinajstić information content (AvgIpc) is 3.61. The summed E-state index contributed by atoms with van der Waals surface area (Å²) in [5, 5.41) is 7.85. The zero-order valence-corrected chi connectivity index (χ0v) is 20.8. The highest BCUT2D eigenvalue weighted by Gasteiger charge is 2.18. The summed E-state index contributed by atoms with van der Waals surface area (Å²) in [5.41, 5.74) is 10.9. The van der Waals surface area contributed by atoms with Gasteiger partial charge in [0, 0.05) is 46.5 Å². The molecule has 9 heteroatoms. The molecule has 36 heavy (non-hydrogen) atoms. The fourth-order valence-electron chi connectivity index (χ4n) is 3.88. The van der Waals surface area contributed by atoms with E-state index in [1.54, 1.807) is 6.20 Å². The van der Waals surface area contributed by atoms with Crippen LogP contribution in [0.5, 0.6) is 0 Å². The summed E-state index contributed by atoms with van der Waals surface area (Å²) in [7, 11) is 0. The summed E-state index contributed by atoms with van der Waals surface area (Å²) < 4.78 is 23.7. The van der Waals surface area contributed by atoms with E-state index in [2.05, 4.69) is 27.6 Å². The maximum atomic E-state index is 12.6. The molecule has 1 fully saturated rings. The van der Waals surface area contributed by atoms with E-state index in [4.69, 9.17) is 20.0 Å². The van der Waals surface area contributed by atoms with Gasteiger partial charge >= 0.3 is 0 Å². The molecule has 0 radical (unpaired) electrons. The van der Waals surface area contributed by atoms with Crippen molar-refractivity contribution in [2.24, 2.45) is 0 Å². The van der Waals surface area contributed by atoms with Crippen molar-refractivity contribution in [3.05, 3.63) is 66.4 Å². The standard InChI is InChI=1S/C27H28FN5O2S/c1-17(13-28)30-14-18-2-4-19(5-3-18)23-12-25(35-33-23)26-27(29)31-15-24(32-26)20-6-8-21(9-7-20)36-22-10-11-34-16-22/h2-9,12,15,17,22,30H,10-11,13-14,16H2,1H3,(H2,29,31). The molecule has 1 aliphatic heterocycles. The molecule has 7 nitrogen and oxygen atoms in total. The van der Waals surface area contributed by atoms with E-state index in [0.717, 1.165) is 36.3 Å². The van der Waals surface area contributed by atoms with Gasteiger partial charge in [-0.2, -0.15) is 0 Å². The Balaban J connectivity index is 1.31. The van der Waals surface area contributed by atoms with Gasteiger partial charge in [-0.1, -0.05) is 41.6 Å². The molecule has 2 atom stereocenters. The van der Waals surface area contributed by atoms with E-state index in [1.807, 2.05) is 61.2 Å². The number of hydrogen-bond donors (Lipinski definition) is 2. The minimum atomic E-state index is -0.395. The summed E-state index contributed by atoms with van der Waals surface area (Å²) in [6.45, 7) is 3.67. The van der Waals surface area contributed by atoms with Crippen LogP contribution in [0.2, 0.25) is 0 Å². The average molecular weight is 506 g/mol. The number of nitrogens with zero attached hydrogens (tertiary/aromatic N) is 3. The van der Waals surface area contributed by atoms with Crippen LogP contribution in [0.3, 0.4) is 0 Å². The molecule has 1 aliphatic rings. The quantitative estimate of drug-likeness (QED) is 0.313. The van der Waals surface area contributed by atoms with Gasteiger partial charge in [0.15, 0.2) is 17.3 Å².